The first-order chi connectivity index (χ1) is 8.95. The number of benzene rings is 1. The van der Waals surface area contributed by atoms with Crippen molar-refractivity contribution in [3.63, 3.8) is 0 Å². The largest absolute Gasteiger partial charge is 0.370 e. The predicted molar refractivity (Wildman–Crippen MR) is 76.5 cm³/mol. The summed E-state index contributed by atoms with van der Waals surface area (Å²) in [5.74, 6) is -0.458. The van der Waals surface area contributed by atoms with Crippen molar-refractivity contribution < 1.29 is 8.78 Å². The van der Waals surface area contributed by atoms with Crippen molar-refractivity contribution in [3.8, 4) is 0 Å². The highest BCUT2D eigenvalue weighted by Gasteiger charge is 2.15. The first-order valence-corrected chi connectivity index (χ1v) is 6.85. The van der Waals surface area contributed by atoms with E-state index in [4.69, 9.17) is 0 Å². The molecule has 0 unspecified atom stereocenters. The molecule has 1 aromatic carbocycles. The Morgan fingerprint density at radius 2 is 1.79 bits per heavy atom. The molecule has 0 aliphatic heterocycles. The van der Waals surface area contributed by atoms with Crippen molar-refractivity contribution in [3.05, 3.63) is 29.3 Å². The Labute approximate surface area is 114 Å². The van der Waals surface area contributed by atoms with Crippen molar-refractivity contribution in [1.82, 2.24) is 5.32 Å². The number of anilines is 1. The third-order valence-electron chi connectivity index (χ3n) is 3.08. The van der Waals surface area contributed by atoms with Crippen LogP contribution in [0.4, 0.5) is 14.5 Å². The topological polar surface area (TPSA) is 15.3 Å². The van der Waals surface area contributed by atoms with Gasteiger partial charge in [0, 0.05) is 20.1 Å². The summed E-state index contributed by atoms with van der Waals surface area (Å²) in [4.78, 5) is 1.65. The summed E-state index contributed by atoms with van der Waals surface area (Å²) in [6.45, 7) is 8.07. The summed E-state index contributed by atoms with van der Waals surface area (Å²) in [6, 6.07) is 2.82. The van der Waals surface area contributed by atoms with Crippen LogP contribution in [0.3, 0.4) is 0 Å². The van der Waals surface area contributed by atoms with E-state index in [1.165, 1.54) is 12.1 Å². The first-order valence-electron chi connectivity index (χ1n) is 6.85. The van der Waals surface area contributed by atoms with E-state index in [-0.39, 0.29) is 5.69 Å². The molecule has 1 rings (SSSR count). The Bertz CT molecular complexity index is 382. The lowest BCUT2D eigenvalue weighted by molar-refractivity contribution is 0.549. The second kappa shape index (κ2) is 7.43. The van der Waals surface area contributed by atoms with E-state index in [0.717, 1.165) is 13.0 Å². The standard InChI is InChI=1S/C15H24F2N2/c1-5-18-10-12-8-13(16)15(14(17)9-12)19(4)7-6-11(2)3/h8-9,11,18H,5-7,10H2,1-4H3. The molecule has 0 bridgehead atoms. The van der Waals surface area contributed by atoms with Crippen LogP contribution < -0.4 is 10.2 Å². The molecule has 108 valence electrons. The smallest absolute Gasteiger partial charge is 0.149 e. The van der Waals surface area contributed by atoms with Crippen molar-refractivity contribution in [2.75, 3.05) is 25.0 Å². The third kappa shape index (κ3) is 4.78. The van der Waals surface area contributed by atoms with Crippen molar-refractivity contribution in [1.29, 1.82) is 0 Å². The van der Waals surface area contributed by atoms with E-state index in [1.807, 2.05) is 6.92 Å². The molecule has 0 amide bonds. The zero-order chi connectivity index (χ0) is 14.4. The predicted octanol–water partition coefficient (Wildman–Crippen LogP) is 3.56. The monoisotopic (exact) mass is 270 g/mol. The fourth-order valence-corrected chi connectivity index (χ4v) is 1.92. The molecular formula is C15H24F2N2. The van der Waals surface area contributed by atoms with Crippen molar-refractivity contribution in [2.45, 2.75) is 33.7 Å². The van der Waals surface area contributed by atoms with Gasteiger partial charge < -0.3 is 10.2 Å². The molecule has 0 atom stereocenters. The lowest BCUT2D eigenvalue weighted by atomic mass is 10.1. The highest BCUT2D eigenvalue weighted by molar-refractivity contribution is 5.50. The second-order valence-electron chi connectivity index (χ2n) is 5.29. The van der Waals surface area contributed by atoms with Crippen LogP contribution in [-0.2, 0) is 6.54 Å². The highest BCUT2D eigenvalue weighted by atomic mass is 19.1. The summed E-state index contributed by atoms with van der Waals surface area (Å²) in [7, 11) is 1.73. The Kier molecular flexibility index (Phi) is 6.22. The molecule has 0 saturated heterocycles. The van der Waals surface area contributed by atoms with E-state index >= 15 is 0 Å². The van der Waals surface area contributed by atoms with Crippen LogP contribution in [0.25, 0.3) is 0 Å². The summed E-state index contributed by atoms with van der Waals surface area (Å²) in [5.41, 5.74) is 0.707. The molecule has 0 spiro atoms. The van der Waals surface area contributed by atoms with Crippen molar-refractivity contribution in [2.24, 2.45) is 5.92 Å². The lowest BCUT2D eigenvalue weighted by Crippen LogP contribution is -2.22. The van der Waals surface area contributed by atoms with Gasteiger partial charge in [0.15, 0.2) is 0 Å². The van der Waals surface area contributed by atoms with Crippen LogP contribution in [-0.4, -0.2) is 20.1 Å². The number of halogens is 2. The molecule has 2 nitrogen and oxygen atoms in total. The van der Waals surface area contributed by atoms with Gasteiger partial charge in [-0.15, -0.1) is 0 Å². The molecular weight excluding hydrogens is 246 g/mol. The minimum atomic E-state index is -0.487. The molecule has 19 heavy (non-hydrogen) atoms. The van der Waals surface area contributed by atoms with E-state index < -0.39 is 11.6 Å². The summed E-state index contributed by atoms with van der Waals surface area (Å²) >= 11 is 0. The van der Waals surface area contributed by atoms with E-state index in [0.29, 0.717) is 24.6 Å². The van der Waals surface area contributed by atoms with Gasteiger partial charge in [-0.2, -0.15) is 0 Å². The number of hydrogen-bond donors (Lipinski definition) is 1. The quantitative estimate of drug-likeness (QED) is 0.815. The molecule has 0 heterocycles. The van der Waals surface area contributed by atoms with Gasteiger partial charge in [-0.1, -0.05) is 20.8 Å². The molecule has 0 aliphatic carbocycles. The van der Waals surface area contributed by atoms with E-state index in [9.17, 15) is 8.78 Å². The molecule has 0 aromatic heterocycles. The van der Waals surface area contributed by atoms with Crippen LogP contribution in [0.5, 0.6) is 0 Å². The van der Waals surface area contributed by atoms with E-state index in [2.05, 4.69) is 19.2 Å². The minimum absolute atomic E-state index is 0.0703. The lowest BCUT2D eigenvalue weighted by Gasteiger charge is -2.22. The fourth-order valence-electron chi connectivity index (χ4n) is 1.92. The fraction of sp³-hybridized carbons (Fsp3) is 0.600. The van der Waals surface area contributed by atoms with Gasteiger partial charge in [-0.05, 0) is 36.6 Å². The molecule has 0 saturated carbocycles. The van der Waals surface area contributed by atoms with Gasteiger partial charge in [0.25, 0.3) is 0 Å². The second-order valence-corrected chi connectivity index (χ2v) is 5.29. The normalized spacial score (nSPS) is 11.1. The highest BCUT2D eigenvalue weighted by Crippen LogP contribution is 2.24. The van der Waals surface area contributed by atoms with Crippen LogP contribution in [0, 0.1) is 17.6 Å². The molecule has 0 aliphatic rings. The van der Waals surface area contributed by atoms with Crippen LogP contribution in [0.2, 0.25) is 0 Å². The number of rotatable bonds is 7. The van der Waals surface area contributed by atoms with Crippen LogP contribution in [0.15, 0.2) is 12.1 Å². The Morgan fingerprint density at radius 1 is 1.21 bits per heavy atom. The average molecular weight is 270 g/mol. The maximum Gasteiger partial charge on any atom is 0.149 e. The van der Waals surface area contributed by atoms with Gasteiger partial charge in [-0.3, -0.25) is 0 Å². The summed E-state index contributed by atoms with van der Waals surface area (Å²) < 4.78 is 28.0. The van der Waals surface area contributed by atoms with Crippen molar-refractivity contribution >= 4 is 5.69 Å². The first kappa shape index (κ1) is 15.9. The molecule has 0 radical (unpaired) electrons. The van der Waals surface area contributed by atoms with E-state index in [1.54, 1.807) is 11.9 Å². The van der Waals surface area contributed by atoms with Gasteiger partial charge in [0.05, 0.1) is 0 Å². The SMILES string of the molecule is CCNCc1cc(F)c(N(C)CCC(C)C)c(F)c1. The van der Waals surface area contributed by atoms with Crippen LogP contribution >= 0.6 is 0 Å². The zero-order valence-corrected chi connectivity index (χ0v) is 12.3. The maximum atomic E-state index is 14.0. The number of nitrogens with one attached hydrogen (secondary N) is 1. The van der Waals surface area contributed by atoms with Gasteiger partial charge in [0.2, 0.25) is 0 Å². The zero-order valence-electron chi connectivity index (χ0n) is 12.3. The summed E-state index contributed by atoms with van der Waals surface area (Å²) in [6.07, 6.45) is 0.911. The Hall–Kier alpha value is -1.16. The Balaban J connectivity index is 2.83. The van der Waals surface area contributed by atoms with Crippen LogP contribution in [0.1, 0.15) is 32.8 Å². The Morgan fingerprint density at radius 3 is 2.26 bits per heavy atom. The molecule has 4 heteroatoms. The minimum Gasteiger partial charge on any atom is -0.370 e. The maximum absolute atomic E-state index is 14.0. The number of nitrogens with zero attached hydrogens (tertiary/aromatic N) is 1. The van der Waals surface area contributed by atoms with Gasteiger partial charge >= 0.3 is 0 Å². The van der Waals surface area contributed by atoms with Gasteiger partial charge in [0.1, 0.15) is 17.3 Å². The molecule has 1 aromatic rings. The average Bonchev–Trinajstić information content (AvgIpc) is 2.33. The molecule has 1 N–H and O–H groups in total. The summed E-state index contributed by atoms with van der Waals surface area (Å²) in [5, 5.41) is 3.06. The molecule has 0 fully saturated rings. The number of hydrogen-bond acceptors (Lipinski definition) is 2. The third-order valence-corrected chi connectivity index (χ3v) is 3.08. The van der Waals surface area contributed by atoms with Gasteiger partial charge in [-0.25, -0.2) is 8.78 Å².